The van der Waals surface area contributed by atoms with E-state index in [1.54, 1.807) is 4.90 Å². The molecule has 0 spiro atoms. The van der Waals surface area contributed by atoms with Crippen LogP contribution in [-0.4, -0.2) is 46.0 Å². The summed E-state index contributed by atoms with van der Waals surface area (Å²) in [4.78, 5) is 28.6. The number of likely N-dealkylation sites (tertiary alicyclic amines) is 1. The fourth-order valence-electron chi connectivity index (χ4n) is 3.19. The third kappa shape index (κ3) is 5.13. The highest BCUT2D eigenvalue weighted by Crippen LogP contribution is 2.31. The maximum Gasteiger partial charge on any atom is 0.410 e. The topological polar surface area (TPSA) is 49.9 Å². The van der Waals surface area contributed by atoms with Crippen molar-refractivity contribution in [3.8, 4) is 0 Å². The van der Waals surface area contributed by atoms with Crippen LogP contribution in [0.3, 0.4) is 0 Å². The van der Waals surface area contributed by atoms with Crippen LogP contribution in [-0.2, 0) is 16.1 Å². The van der Waals surface area contributed by atoms with Gasteiger partial charge in [-0.1, -0.05) is 30.7 Å². The van der Waals surface area contributed by atoms with Crippen molar-refractivity contribution < 1.29 is 14.3 Å². The van der Waals surface area contributed by atoms with Gasteiger partial charge < -0.3 is 14.5 Å². The highest BCUT2D eigenvalue weighted by atomic mass is 35.5. The summed E-state index contributed by atoms with van der Waals surface area (Å²) in [5.74, 6) is 0.0773. The molecule has 26 heavy (non-hydrogen) atoms. The van der Waals surface area contributed by atoms with Gasteiger partial charge in [0.05, 0.1) is 5.54 Å². The number of carbonyl (C=O) groups is 2. The molecule has 1 fully saturated rings. The molecule has 144 valence electrons. The number of rotatable bonds is 4. The summed E-state index contributed by atoms with van der Waals surface area (Å²) in [5, 5.41) is 0.672. The van der Waals surface area contributed by atoms with E-state index < -0.39 is 11.1 Å². The second-order valence-corrected chi connectivity index (χ2v) is 8.55. The molecule has 0 radical (unpaired) electrons. The lowest BCUT2D eigenvalue weighted by atomic mass is 9.97. The predicted octanol–water partition coefficient (Wildman–Crippen LogP) is 4.48. The van der Waals surface area contributed by atoms with E-state index in [1.165, 1.54) is 0 Å². The van der Waals surface area contributed by atoms with Gasteiger partial charge in [0.1, 0.15) is 5.60 Å². The minimum Gasteiger partial charge on any atom is -0.444 e. The molecule has 0 saturated carbocycles. The number of benzene rings is 1. The van der Waals surface area contributed by atoms with E-state index in [1.807, 2.05) is 63.8 Å². The van der Waals surface area contributed by atoms with Crippen LogP contribution >= 0.6 is 11.6 Å². The van der Waals surface area contributed by atoms with Crippen LogP contribution in [0.25, 0.3) is 0 Å². The number of ether oxygens (including phenoxy) is 1. The number of nitrogens with zero attached hydrogens (tertiary/aromatic N) is 2. The molecule has 2 rings (SSSR count). The molecule has 1 aromatic carbocycles. The summed E-state index contributed by atoms with van der Waals surface area (Å²) in [5.41, 5.74) is 0.0789. The maximum absolute atomic E-state index is 12.6. The first kappa shape index (κ1) is 20.6. The molecule has 2 amide bonds. The number of amides is 2. The second-order valence-electron chi connectivity index (χ2n) is 8.11. The average Bonchev–Trinajstić information content (AvgIpc) is 2.95. The van der Waals surface area contributed by atoms with Crippen molar-refractivity contribution in [2.24, 2.45) is 0 Å². The fourth-order valence-corrected chi connectivity index (χ4v) is 3.32. The Morgan fingerprint density at radius 3 is 2.42 bits per heavy atom. The molecule has 6 heteroatoms. The molecular formula is C20H29ClN2O3. The van der Waals surface area contributed by atoms with E-state index in [9.17, 15) is 9.59 Å². The van der Waals surface area contributed by atoms with Crippen LogP contribution in [0.2, 0.25) is 5.02 Å². The van der Waals surface area contributed by atoms with Gasteiger partial charge in [0.25, 0.3) is 0 Å². The first-order valence-electron chi connectivity index (χ1n) is 9.07. The van der Waals surface area contributed by atoms with E-state index >= 15 is 0 Å². The van der Waals surface area contributed by atoms with Gasteiger partial charge in [0.2, 0.25) is 5.91 Å². The third-order valence-electron chi connectivity index (χ3n) is 4.61. The van der Waals surface area contributed by atoms with E-state index in [4.69, 9.17) is 16.3 Å². The van der Waals surface area contributed by atoms with E-state index in [2.05, 4.69) is 0 Å². The Bertz CT molecular complexity index is 654. The molecule has 1 aliphatic heterocycles. The van der Waals surface area contributed by atoms with Crippen LogP contribution < -0.4 is 0 Å². The Labute approximate surface area is 161 Å². The Balaban J connectivity index is 2.15. The molecule has 5 nitrogen and oxygen atoms in total. The standard InChI is InChI=1S/C20H29ClN2O3/c1-6-17(24)23(13-15-7-9-16(21)10-8-15)20(5)11-12-22(14-20)18(25)26-19(2,3)4/h7-10H,6,11-14H2,1-5H3. The molecule has 1 saturated heterocycles. The zero-order chi connectivity index (χ0) is 19.5. The second kappa shape index (κ2) is 7.87. The van der Waals surface area contributed by atoms with Crippen LogP contribution in [0.1, 0.15) is 53.0 Å². The Morgan fingerprint density at radius 2 is 1.88 bits per heavy atom. The highest BCUT2D eigenvalue weighted by molar-refractivity contribution is 6.30. The average molecular weight is 381 g/mol. The Hall–Kier alpha value is -1.75. The summed E-state index contributed by atoms with van der Waals surface area (Å²) in [6, 6.07) is 7.52. The zero-order valence-corrected chi connectivity index (χ0v) is 17.1. The van der Waals surface area contributed by atoms with Gasteiger partial charge >= 0.3 is 6.09 Å². The van der Waals surface area contributed by atoms with Gasteiger partial charge in [0.15, 0.2) is 0 Å². The quantitative estimate of drug-likeness (QED) is 0.773. The van der Waals surface area contributed by atoms with Gasteiger partial charge in [-0.2, -0.15) is 0 Å². The Kier molecular flexibility index (Phi) is 6.22. The lowest BCUT2D eigenvalue weighted by Gasteiger charge is -2.38. The summed E-state index contributed by atoms with van der Waals surface area (Å²) in [6.45, 7) is 11.0. The summed E-state index contributed by atoms with van der Waals surface area (Å²) >= 11 is 5.96. The molecule has 1 aromatic rings. The van der Waals surface area contributed by atoms with Gasteiger partial charge in [-0.05, 0) is 51.8 Å². The van der Waals surface area contributed by atoms with E-state index in [0.717, 1.165) is 12.0 Å². The fraction of sp³-hybridized carbons (Fsp3) is 0.600. The van der Waals surface area contributed by atoms with Crippen molar-refractivity contribution in [3.63, 3.8) is 0 Å². The van der Waals surface area contributed by atoms with Crippen molar-refractivity contribution in [2.75, 3.05) is 13.1 Å². The summed E-state index contributed by atoms with van der Waals surface area (Å²) in [7, 11) is 0. The summed E-state index contributed by atoms with van der Waals surface area (Å²) < 4.78 is 5.48. The first-order valence-corrected chi connectivity index (χ1v) is 9.45. The first-order chi connectivity index (χ1) is 12.0. The van der Waals surface area contributed by atoms with E-state index in [0.29, 0.717) is 31.1 Å². The van der Waals surface area contributed by atoms with E-state index in [-0.39, 0.29) is 12.0 Å². The number of halogens is 1. The number of hydrogen-bond acceptors (Lipinski definition) is 3. The smallest absolute Gasteiger partial charge is 0.410 e. The molecule has 1 atom stereocenters. The van der Waals surface area contributed by atoms with Crippen LogP contribution in [0, 0.1) is 0 Å². The van der Waals surface area contributed by atoms with Crippen LogP contribution in [0.4, 0.5) is 4.79 Å². The molecule has 0 N–H and O–H groups in total. The number of carbonyl (C=O) groups excluding carboxylic acids is 2. The van der Waals surface area contributed by atoms with Crippen molar-refractivity contribution >= 4 is 23.6 Å². The minimum absolute atomic E-state index is 0.0773. The van der Waals surface area contributed by atoms with Gasteiger partial charge in [0, 0.05) is 31.1 Å². The predicted molar refractivity (Wildman–Crippen MR) is 103 cm³/mol. The van der Waals surface area contributed by atoms with Crippen molar-refractivity contribution in [1.29, 1.82) is 0 Å². The largest absolute Gasteiger partial charge is 0.444 e. The molecule has 1 unspecified atom stereocenters. The van der Waals surface area contributed by atoms with Crippen LogP contribution in [0.15, 0.2) is 24.3 Å². The summed E-state index contributed by atoms with van der Waals surface area (Å²) in [6.07, 6.45) is 0.831. The minimum atomic E-state index is -0.529. The SMILES string of the molecule is CCC(=O)N(Cc1ccc(Cl)cc1)C1(C)CCN(C(=O)OC(C)(C)C)C1. The van der Waals surface area contributed by atoms with Gasteiger partial charge in [-0.15, -0.1) is 0 Å². The lowest BCUT2D eigenvalue weighted by molar-refractivity contribution is -0.137. The highest BCUT2D eigenvalue weighted by Gasteiger charge is 2.43. The van der Waals surface area contributed by atoms with Crippen molar-refractivity contribution in [1.82, 2.24) is 9.80 Å². The Morgan fingerprint density at radius 1 is 1.27 bits per heavy atom. The maximum atomic E-state index is 12.6. The third-order valence-corrected chi connectivity index (χ3v) is 4.86. The lowest BCUT2D eigenvalue weighted by Crippen LogP contribution is -2.51. The molecule has 1 heterocycles. The molecular weight excluding hydrogens is 352 g/mol. The number of hydrogen-bond donors (Lipinski definition) is 0. The van der Waals surface area contributed by atoms with Crippen molar-refractivity contribution in [2.45, 2.75) is 65.1 Å². The molecule has 1 aliphatic rings. The van der Waals surface area contributed by atoms with Gasteiger partial charge in [-0.3, -0.25) is 4.79 Å². The molecule has 0 bridgehead atoms. The molecule has 0 aliphatic carbocycles. The van der Waals surface area contributed by atoms with Gasteiger partial charge in [-0.25, -0.2) is 4.79 Å². The normalized spacial score (nSPS) is 20.2. The van der Waals surface area contributed by atoms with Crippen molar-refractivity contribution in [3.05, 3.63) is 34.9 Å². The zero-order valence-electron chi connectivity index (χ0n) is 16.3. The monoisotopic (exact) mass is 380 g/mol. The molecule has 0 aromatic heterocycles. The van der Waals surface area contributed by atoms with Crippen LogP contribution in [0.5, 0.6) is 0 Å².